The maximum Gasteiger partial charge on any atom is 0.416 e. The Balaban J connectivity index is 2.33. The van der Waals surface area contributed by atoms with Crippen molar-refractivity contribution in [3.8, 4) is 0 Å². The molecule has 2 rings (SSSR count). The fourth-order valence-corrected chi connectivity index (χ4v) is 1.65. The van der Waals surface area contributed by atoms with Crippen molar-refractivity contribution in [1.29, 1.82) is 0 Å². The Morgan fingerprint density at radius 3 is 2.44 bits per heavy atom. The fourth-order valence-electron chi connectivity index (χ4n) is 1.65. The molecule has 1 aromatic carbocycles. The summed E-state index contributed by atoms with van der Waals surface area (Å²) < 4.78 is 37.8. The molecule has 0 aliphatic carbocycles. The lowest BCUT2D eigenvalue weighted by Crippen LogP contribution is -2.11. The first kappa shape index (κ1) is 10.9. The highest BCUT2D eigenvalue weighted by molar-refractivity contribution is 5.78. The van der Waals surface area contributed by atoms with E-state index in [1.165, 1.54) is 18.2 Å². The third kappa shape index (κ3) is 1.88. The molecule has 0 spiro atoms. The van der Waals surface area contributed by atoms with Crippen LogP contribution in [0.3, 0.4) is 0 Å². The van der Waals surface area contributed by atoms with Gasteiger partial charge in [-0.3, -0.25) is 10.1 Å². The van der Waals surface area contributed by atoms with Crippen LogP contribution in [0.1, 0.15) is 17.2 Å². The van der Waals surface area contributed by atoms with Gasteiger partial charge in [0.05, 0.1) is 11.6 Å². The van der Waals surface area contributed by atoms with E-state index >= 15 is 0 Å². The van der Waals surface area contributed by atoms with E-state index in [9.17, 15) is 18.0 Å². The van der Waals surface area contributed by atoms with E-state index < -0.39 is 29.8 Å². The standard InChI is InChI=1S/C10H8F3NO2/c11-10(12,13)6-4-2-1-3-5(6)7-8(14-7)9(15)16/h1-4,7-8,14H,(H,15,16)/t7-,8+/m1/s1. The normalized spacial score (nSPS) is 24.2. The summed E-state index contributed by atoms with van der Waals surface area (Å²) in [5, 5.41) is 11.1. The molecule has 2 N–H and O–H groups in total. The van der Waals surface area contributed by atoms with Gasteiger partial charge in [-0.2, -0.15) is 13.2 Å². The van der Waals surface area contributed by atoms with Crippen LogP contribution >= 0.6 is 0 Å². The van der Waals surface area contributed by atoms with E-state index in [0.717, 1.165) is 6.07 Å². The van der Waals surface area contributed by atoms with E-state index in [0.29, 0.717) is 0 Å². The number of halogens is 3. The molecule has 2 atom stereocenters. The fraction of sp³-hybridized carbons (Fsp3) is 0.300. The molecular formula is C10H8F3NO2. The summed E-state index contributed by atoms with van der Waals surface area (Å²) in [5.41, 5.74) is -0.793. The van der Waals surface area contributed by atoms with E-state index in [4.69, 9.17) is 5.11 Å². The van der Waals surface area contributed by atoms with Crippen LogP contribution < -0.4 is 5.32 Å². The first-order chi connectivity index (χ1) is 7.41. The molecule has 0 aromatic heterocycles. The second-order valence-corrected chi connectivity index (χ2v) is 3.55. The number of hydrogen-bond donors (Lipinski definition) is 2. The minimum atomic E-state index is -4.45. The van der Waals surface area contributed by atoms with Crippen molar-refractivity contribution in [2.24, 2.45) is 0 Å². The number of benzene rings is 1. The minimum absolute atomic E-state index is 0.0117. The van der Waals surface area contributed by atoms with Gasteiger partial charge in [-0.05, 0) is 11.6 Å². The molecule has 3 nitrogen and oxygen atoms in total. The van der Waals surface area contributed by atoms with Crippen molar-refractivity contribution in [2.75, 3.05) is 0 Å². The highest BCUT2D eigenvalue weighted by Crippen LogP contribution is 2.39. The smallest absolute Gasteiger partial charge is 0.416 e. The molecule has 1 heterocycles. The van der Waals surface area contributed by atoms with Gasteiger partial charge in [-0.15, -0.1) is 0 Å². The third-order valence-corrected chi connectivity index (χ3v) is 2.45. The van der Waals surface area contributed by atoms with Gasteiger partial charge in [0.25, 0.3) is 0 Å². The topological polar surface area (TPSA) is 59.2 Å². The molecule has 0 amide bonds. The summed E-state index contributed by atoms with van der Waals surface area (Å²) in [6.07, 6.45) is -4.45. The van der Waals surface area contributed by atoms with Crippen molar-refractivity contribution in [1.82, 2.24) is 5.32 Å². The zero-order valence-corrected chi connectivity index (χ0v) is 7.95. The molecule has 1 aliphatic rings. The predicted molar refractivity (Wildman–Crippen MR) is 48.7 cm³/mol. The summed E-state index contributed by atoms with van der Waals surface area (Å²) in [4.78, 5) is 10.6. The number of carboxylic acid groups (broad SMARTS) is 1. The van der Waals surface area contributed by atoms with E-state index in [2.05, 4.69) is 5.32 Å². The van der Waals surface area contributed by atoms with Crippen molar-refractivity contribution in [3.05, 3.63) is 35.4 Å². The zero-order valence-electron chi connectivity index (χ0n) is 7.95. The van der Waals surface area contributed by atoms with Gasteiger partial charge in [0.15, 0.2) is 0 Å². The molecule has 1 aromatic rings. The second kappa shape index (κ2) is 3.48. The minimum Gasteiger partial charge on any atom is -0.480 e. The first-order valence-corrected chi connectivity index (χ1v) is 4.56. The maximum absolute atomic E-state index is 12.6. The maximum atomic E-state index is 12.6. The van der Waals surface area contributed by atoms with Crippen LogP contribution in [-0.2, 0) is 11.0 Å². The molecule has 0 radical (unpaired) electrons. The van der Waals surface area contributed by atoms with E-state index in [1.807, 2.05) is 0 Å². The molecule has 0 bridgehead atoms. The summed E-state index contributed by atoms with van der Waals surface area (Å²) in [5.74, 6) is -1.14. The van der Waals surface area contributed by atoms with Gasteiger partial charge in [0.2, 0.25) is 0 Å². The highest BCUT2D eigenvalue weighted by Gasteiger charge is 2.47. The SMILES string of the molecule is O=C(O)[C@H]1N[C@@H]1c1ccccc1C(F)(F)F. The van der Waals surface area contributed by atoms with Gasteiger partial charge in [-0.25, -0.2) is 0 Å². The third-order valence-electron chi connectivity index (χ3n) is 2.45. The number of nitrogens with one attached hydrogen (secondary N) is 1. The van der Waals surface area contributed by atoms with Crippen molar-refractivity contribution in [2.45, 2.75) is 18.3 Å². The lowest BCUT2D eigenvalue weighted by atomic mass is 10.0. The van der Waals surface area contributed by atoms with E-state index in [-0.39, 0.29) is 5.56 Å². The van der Waals surface area contributed by atoms with Crippen LogP contribution in [0.25, 0.3) is 0 Å². The van der Waals surface area contributed by atoms with Crippen LogP contribution in [0.4, 0.5) is 13.2 Å². The Kier molecular flexibility index (Phi) is 2.38. The molecule has 0 saturated carbocycles. The number of hydrogen-bond acceptors (Lipinski definition) is 2. The number of carbonyl (C=O) groups is 1. The number of rotatable bonds is 2. The lowest BCUT2D eigenvalue weighted by Gasteiger charge is -2.11. The Hall–Kier alpha value is -1.56. The van der Waals surface area contributed by atoms with Crippen LogP contribution in [-0.4, -0.2) is 17.1 Å². The average molecular weight is 231 g/mol. The summed E-state index contributed by atoms with van der Waals surface area (Å²) in [6.45, 7) is 0. The van der Waals surface area contributed by atoms with Gasteiger partial charge in [0, 0.05) is 0 Å². The molecule has 1 fully saturated rings. The Labute approximate surface area is 88.9 Å². The number of carboxylic acids is 1. The van der Waals surface area contributed by atoms with Crippen molar-refractivity contribution < 1.29 is 23.1 Å². The molecule has 6 heteroatoms. The van der Waals surface area contributed by atoms with E-state index in [1.54, 1.807) is 0 Å². The highest BCUT2D eigenvalue weighted by atomic mass is 19.4. The molecule has 1 saturated heterocycles. The average Bonchev–Trinajstić information content (AvgIpc) is 2.95. The molecular weight excluding hydrogens is 223 g/mol. The Morgan fingerprint density at radius 2 is 1.94 bits per heavy atom. The van der Waals surface area contributed by atoms with Gasteiger partial charge in [0.1, 0.15) is 6.04 Å². The summed E-state index contributed by atoms with van der Waals surface area (Å²) in [6, 6.07) is 3.34. The Morgan fingerprint density at radius 1 is 1.31 bits per heavy atom. The summed E-state index contributed by atoms with van der Waals surface area (Å²) >= 11 is 0. The van der Waals surface area contributed by atoms with Crippen LogP contribution in [0.2, 0.25) is 0 Å². The van der Waals surface area contributed by atoms with Crippen LogP contribution in [0, 0.1) is 0 Å². The van der Waals surface area contributed by atoms with Crippen molar-refractivity contribution >= 4 is 5.97 Å². The number of aliphatic carboxylic acids is 1. The zero-order chi connectivity index (χ0) is 11.9. The van der Waals surface area contributed by atoms with Gasteiger partial charge >= 0.3 is 12.1 Å². The van der Waals surface area contributed by atoms with Crippen LogP contribution in [0.15, 0.2) is 24.3 Å². The molecule has 1 aliphatic heterocycles. The monoisotopic (exact) mass is 231 g/mol. The van der Waals surface area contributed by atoms with Gasteiger partial charge < -0.3 is 5.11 Å². The van der Waals surface area contributed by atoms with Gasteiger partial charge in [-0.1, -0.05) is 18.2 Å². The first-order valence-electron chi connectivity index (χ1n) is 4.56. The molecule has 16 heavy (non-hydrogen) atoms. The Bertz CT molecular complexity index is 430. The summed E-state index contributed by atoms with van der Waals surface area (Å²) in [7, 11) is 0. The molecule has 86 valence electrons. The quantitative estimate of drug-likeness (QED) is 0.763. The molecule has 0 unspecified atom stereocenters. The van der Waals surface area contributed by atoms with Crippen molar-refractivity contribution in [3.63, 3.8) is 0 Å². The number of alkyl halides is 3. The second-order valence-electron chi connectivity index (χ2n) is 3.55. The lowest BCUT2D eigenvalue weighted by molar-refractivity contribution is -0.139. The predicted octanol–water partition coefficient (Wildman–Crippen LogP) is 1.80. The largest absolute Gasteiger partial charge is 0.480 e. The van der Waals surface area contributed by atoms with Crippen LogP contribution in [0.5, 0.6) is 0 Å².